The molecule has 1 saturated carbocycles. The molecule has 0 bridgehead atoms. The van der Waals surface area contributed by atoms with Gasteiger partial charge < -0.3 is 14.2 Å². The Bertz CT molecular complexity index is 542. The molecule has 2 fully saturated rings. The maximum absolute atomic E-state index is 12.5. The summed E-state index contributed by atoms with van der Waals surface area (Å²) in [5.74, 6) is 4.11. The van der Waals surface area contributed by atoms with Crippen molar-refractivity contribution >= 4 is 5.91 Å². The summed E-state index contributed by atoms with van der Waals surface area (Å²) in [5.41, 5.74) is 0.432. The predicted octanol–water partition coefficient (Wildman–Crippen LogP) is 2.05. The summed E-state index contributed by atoms with van der Waals surface area (Å²) in [4.78, 5) is 14.3. The second kappa shape index (κ2) is 6.31. The number of hydrogen-bond donors (Lipinski definition) is 0. The molecule has 0 aromatic carbocycles. The lowest BCUT2D eigenvalue weighted by molar-refractivity contribution is 0.0526. The molecule has 1 aromatic rings. The van der Waals surface area contributed by atoms with Crippen LogP contribution in [-0.2, 0) is 4.74 Å². The molecule has 5 nitrogen and oxygen atoms in total. The van der Waals surface area contributed by atoms with E-state index in [0.717, 1.165) is 38.0 Å². The van der Waals surface area contributed by atoms with Crippen LogP contribution in [0.2, 0.25) is 0 Å². The van der Waals surface area contributed by atoms with Crippen LogP contribution in [0.25, 0.3) is 0 Å². The quantitative estimate of drug-likeness (QED) is 0.614. The van der Waals surface area contributed by atoms with Gasteiger partial charge in [0.1, 0.15) is 12.4 Å². The van der Waals surface area contributed by atoms with Gasteiger partial charge in [-0.1, -0.05) is 11.1 Å². The minimum Gasteiger partial charge on any atom is -0.368 e. The highest BCUT2D eigenvalue weighted by molar-refractivity contribution is 5.92. The Labute approximate surface area is 124 Å². The molecule has 1 saturated heterocycles. The number of amides is 1. The molecule has 2 heterocycles. The molecule has 1 aromatic heterocycles. The van der Waals surface area contributed by atoms with Gasteiger partial charge in [-0.2, -0.15) is 0 Å². The number of carbonyl (C=O) groups excluding carboxylic acids is 1. The summed E-state index contributed by atoms with van der Waals surface area (Å²) in [5, 5.41) is 3.93. The van der Waals surface area contributed by atoms with Crippen molar-refractivity contribution in [3.8, 4) is 12.3 Å². The third-order valence-electron chi connectivity index (χ3n) is 4.07. The molecule has 1 atom stereocenters. The Morgan fingerprint density at radius 3 is 3.14 bits per heavy atom. The number of rotatable bonds is 5. The first-order valence-corrected chi connectivity index (χ1v) is 7.55. The van der Waals surface area contributed by atoms with Gasteiger partial charge in [0.2, 0.25) is 0 Å². The van der Waals surface area contributed by atoms with Gasteiger partial charge in [0.05, 0.1) is 6.61 Å². The standard InChI is InChI=1S/C16H20N2O3/c1-2-8-20-11-12-4-3-7-18(10-12)16(19)14-9-15(21-17-14)13-5-6-13/h1,9,12-13H,3-8,10-11H2/t12-/m0/s1. The fourth-order valence-electron chi connectivity index (χ4n) is 2.78. The van der Waals surface area contributed by atoms with E-state index in [2.05, 4.69) is 11.1 Å². The van der Waals surface area contributed by atoms with Crippen molar-refractivity contribution in [2.45, 2.75) is 31.6 Å². The van der Waals surface area contributed by atoms with E-state index in [-0.39, 0.29) is 5.91 Å². The van der Waals surface area contributed by atoms with Crippen LogP contribution in [0.5, 0.6) is 0 Å². The Hall–Kier alpha value is -1.80. The lowest BCUT2D eigenvalue weighted by Gasteiger charge is -2.31. The zero-order valence-corrected chi connectivity index (χ0v) is 12.1. The van der Waals surface area contributed by atoms with Gasteiger partial charge in [-0.05, 0) is 25.7 Å². The summed E-state index contributed by atoms with van der Waals surface area (Å²) in [6.07, 6.45) is 9.51. The van der Waals surface area contributed by atoms with E-state index >= 15 is 0 Å². The molecule has 0 N–H and O–H groups in total. The van der Waals surface area contributed by atoms with Crippen molar-refractivity contribution in [2.24, 2.45) is 5.92 Å². The minimum absolute atomic E-state index is 0.0349. The fourth-order valence-corrected chi connectivity index (χ4v) is 2.78. The molecule has 0 radical (unpaired) electrons. The Kier molecular flexibility index (Phi) is 4.26. The molecule has 0 spiro atoms. The lowest BCUT2D eigenvalue weighted by atomic mass is 9.98. The van der Waals surface area contributed by atoms with Gasteiger partial charge in [-0.25, -0.2) is 0 Å². The summed E-state index contributed by atoms with van der Waals surface area (Å²) in [6.45, 7) is 2.42. The van der Waals surface area contributed by atoms with Gasteiger partial charge >= 0.3 is 0 Å². The molecule has 0 unspecified atom stereocenters. The molecule has 1 aliphatic carbocycles. The van der Waals surface area contributed by atoms with Gasteiger partial charge in [0.15, 0.2) is 5.69 Å². The van der Waals surface area contributed by atoms with Crippen LogP contribution >= 0.6 is 0 Å². The van der Waals surface area contributed by atoms with E-state index in [9.17, 15) is 4.79 Å². The minimum atomic E-state index is -0.0349. The normalized spacial score (nSPS) is 22.0. The van der Waals surface area contributed by atoms with Crippen LogP contribution in [0.1, 0.15) is 47.8 Å². The van der Waals surface area contributed by atoms with Crippen LogP contribution in [0.4, 0.5) is 0 Å². The number of nitrogens with zero attached hydrogens (tertiary/aromatic N) is 2. The van der Waals surface area contributed by atoms with Crippen LogP contribution in [0.15, 0.2) is 10.6 Å². The van der Waals surface area contributed by atoms with E-state index in [0.29, 0.717) is 37.3 Å². The summed E-state index contributed by atoms with van der Waals surface area (Å²) in [7, 11) is 0. The average molecular weight is 288 g/mol. The number of terminal acetylenes is 1. The number of hydrogen-bond acceptors (Lipinski definition) is 4. The van der Waals surface area contributed by atoms with E-state index < -0.39 is 0 Å². The predicted molar refractivity (Wildman–Crippen MR) is 76.8 cm³/mol. The van der Waals surface area contributed by atoms with Crippen molar-refractivity contribution in [1.82, 2.24) is 10.1 Å². The lowest BCUT2D eigenvalue weighted by Crippen LogP contribution is -2.41. The highest BCUT2D eigenvalue weighted by Gasteiger charge is 2.31. The van der Waals surface area contributed by atoms with Crippen LogP contribution in [0, 0.1) is 18.3 Å². The second-order valence-corrected chi connectivity index (χ2v) is 5.87. The smallest absolute Gasteiger partial charge is 0.276 e. The van der Waals surface area contributed by atoms with Crippen molar-refractivity contribution in [1.29, 1.82) is 0 Å². The number of ether oxygens (including phenoxy) is 1. The van der Waals surface area contributed by atoms with E-state index in [1.807, 2.05) is 4.90 Å². The molecule has 2 aliphatic rings. The molecular weight excluding hydrogens is 268 g/mol. The highest BCUT2D eigenvalue weighted by Crippen LogP contribution is 2.40. The van der Waals surface area contributed by atoms with E-state index in [1.54, 1.807) is 6.07 Å². The summed E-state index contributed by atoms with van der Waals surface area (Å²) in [6, 6.07) is 1.80. The Morgan fingerprint density at radius 2 is 2.38 bits per heavy atom. The Morgan fingerprint density at radius 1 is 1.52 bits per heavy atom. The largest absolute Gasteiger partial charge is 0.368 e. The monoisotopic (exact) mass is 288 g/mol. The molecule has 3 rings (SSSR count). The molecule has 1 aliphatic heterocycles. The number of likely N-dealkylation sites (tertiary alicyclic amines) is 1. The maximum atomic E-state index is 12.5. The zero-order valence-electron chi connectivity index (χ0n) is 12.1. The van der Waals surface area contributed by atoms with Crippen molar-refractivity contribution in [3.05, 3.63) is 17.5 Å². The highest BCUT2D eigenvalue weighted by atomic mass is 16.5. The summed E-state index contributed by atoms with van der Waals surface area (Å²) < 4.78 is 10.7. The number of carbonyl (C=O) groups is 1. The van der Waals surface area contributed by atoms with Gasteiger partial charge in [0.25, 0.3) is 5.91 Å². The maximum Gasteiger partial charge on any atom is 0.276 e. The SMILES string of the molecule is C#CCOC[C@H]1CCCN(C(=O)c2cc(C3CC3)on2)C1. The zero-order chi connectivity index (χ0) is 14.7. The first-order chi connectivity index (χ1) is 10.3. The van der Waals surface area contributed by atoms with Gasteiger partial charge in [-0.15, -0.1) is 6.42 Å². The molecule has 5 heteroatoms. The van der Waals surface area contributed by atoms with Crippen LogP contribution in [0.3, 0.4) is 0 Å². The van der Waals surface area contributed by atoms with Crippen LogP contribution < -0.4 is 0 Å². The van der Waals surface area contributed by atoms with Gasteiger partial charge in [0, 0.05) is 31.0 Å². The number of piperidine rings is 1. The average Bonchev–Trinajstić information content (AvgIpc) is 3.25. The first kappa shape index (κ1) is 14.2. The van der Waals surface area contributed by atoms with Crippen LogP contribution in [-0.4, -0.2) is 42.3 Å². The van der Waals surface area contributed by atoms with E-state index in [1.165, 1.54) is 0 Å². The molecule has 21 heavy (non-hydrogen) atoms. The molecular formula is C16H20N2O3. The van der Waals surface area contributed by atoms with E-state index in [4.69, 9.17) is 15.7 Å². The molecule has 112 valence electrons. The first-order valence-electron chi connectivity index (χ1n) is 7.55. The third kappa shape index (κ3) is 3.45. The fraction of sp³-hybridized carbons (Fsp3) is 0.625. The Balaban J connectivity index is 1.56. The topological polar surface area (TPSA) is 55.6 Å². The third-order valence-corrected chi connectivity index (χ3v) is 4.07. The van der Waals surface area contributed by atoms with Crippen molar-refractivity contribution in [2.75, 3.05) is 26.3 Å². The van der Waals surface area contributed by atoms with Crippen molar-refractivity contribution < 1.29 is 14.1 Å². The number of aromatic nitrogens is 1. The molecule has 1 amide bonds. The second-order valence-electron chi connectivity index (χ2n) is 5.87. The van der Waals surface area contributed by atoms with Crippen molar-refractivity contribution in [3.63, 3.8) is 0 Å². The van der Waals surface area contributed by atoms with Gasteiger partial charge in [-0.3, -0.25) is 4.79 Å². The summed E-state index contributed by atoms with van der Waals surface area (Å²) >= 11 is 0.